The monoisotopic (exact) mass is 998 g/mol. The number of alkyl halides is 1. The predicted octanol–water partition coefficient (Wildman–Crippen LogP) is 7.40. The maximum Gasteiger partial charge on any atom is 0.291 e. The van der Waals surface area contributed by atoms with Crippen LogP contribution in [0.5, 0.6) is 23.0 Å². The lowest BCUT2D eigenvalue weighted by atomic mass is 10.2. The number of carbonyl (C=O) groups is 3. The molecule has 304 valence electrons. The molecule has 57 heavy (non-hydrogen) atoms. The van der Waals surface area contributed by atoms with Crippen molar-refractivity contribution in [2.24, 2.45) is 0 Å². The van der Waals surface area contributed by atoms with Crippen LogP contribution in [0.4, 0.5) is 45.5 Å². The van der Waals surface area contributed by atoms with Crippen molar-refractivity contribution in [3.05, 3.63) is 88.9 Å². The first kappa shape index (κ1) is 46.2. The van der Waals surface area contributed by atoms with E-state index in [1.807, 2.05) is 0 Å². The van der Waals surface area contributed by atoms with Gasteiger partial charge in [-0.05, 0) is 40.2 Å². The van der Waals surface area contributed by atoms with E-state index in [2.05, 4.69) is 47.8 Å². The fraction of sp³-hybridized carbons (Fsp3) is 0.156. The lowest BCUT2D eigenvalue weighted by Crippen LogP contribution is -2.25. The molecule has 7 rings (SSSR count). The summed E-state index contributed by atoms with van der Waals surface area (Å²) in [7, 11) is 0. The molecule has 0 atom stereocenters. The fourth-order valence-corrected chi connectivity index (χ4v) is 5.03. The summed E-state index contributed by atoms with van der Waals surface area (Å²) < 4.78 is 15.5. The van der Waals surface area contributed by atoms with Crippen molar-refractivity contribution in [2.75, 3.05) is 64.8 Å². The van der Waals surface area contributed by atoms with Crippen molar-refractivity contribution in [1.29, 1.82) is 0 Å². The Morgan fingerprint density at radius 3 is 1.61 bits per heavy atom. The van der Waals surface area contributed by atoms with Crippen LogP contribution in [-0.2, 0) is 14.4 Å². The SMILES string of the molecule is Nc1cc(Cl)c([N+](=O)[O-])cc1O.Nc1cc2c(cc1Cl)NC(=O)CO2.Nc1cc2c(cc1Cl)NCCO2.O=C(Br)CBr.O=C1COc2cc([N+](=O)[O-])c(Cl)cc2N1. The van der Waals surface area contributed by atoms with E-state index in [1.54, 1.807) is 24.3 Å². The van der Waals surface area contributed by atoms with E-state index < -0.39 is 9.85 Å². The van der Waals surface area contributed by atoms with E-state index in [4.69, 9.17) is 82.9 Å². The number of ether oxygens (including phenoxy) is 3. The van der Waals surface area contributed by atoms with Gasteiger partial charge in [-0.25, -0.2) is 0 Å². The summed E-state index contributed by atoms with van der Waals surface area (Å²) in [5.74, 6) is 0.752. The normalized spacial score (nSPS) is 12.7. The van der Waals surface area contributed by atoms with Crippen LogP contribution in [0, 0.1) is 20.2 Å². The molecule has 4 aromatic rings. The molecule has 10 N–H and O–H groups in total. The lowest BCUT2D eigenvalue weighted by molar-refractivity contribution is -0.384. The smallest absolute Gasteiger partial charge is 0.291 e. The number of hydrogen-bond acceptors (Lipinski definition) is 15. The summed E-state index contributed by atoms with van der Waals surface area (Å²) in [6.07, 6.45) is 0. The number of carbonyl (C=O) groups excluding carboxylic acids is 3. The topological polar surface area (TPSA) is 300 Å². The quantitative estimate of drug-likeness (QED) is 0.0263. The molecule has 2 amide bonds. The zero-order valence-electron chi connectivity index (χ0n) is 28.6. The number of fused-ring (bicyclic) bond motifs is 3. The first-order chi connectivity index (χ1) is 26.8. The zero-order valence-corrected chi connectivity index (χ0v) is 34.8. The number of amides is 2. The molecule has 0 aliphatic carbocycles. The van der Waals surface area contributed by atoms with Crippen LogP contribution in [0.1, 0.15) is 0 Å². The van der Waals surface area contributed by atoms with Gasteiger partial charge in [-0.2, -0.15) is 0 Å². The second kappa shape index (κ2) is 21.4. The molecule has 19 nitrogen and oxygen atoms in total. The lowest BCUT2D eigenvalue weighted by Gasteiger charge is -2.19. The number of anilines is 6. The largest absolute Gasteiger partial charge is 0.506 e. The standard InChI is InChI=1S/C8H5ClN2O4.C8H7ClN2O2.C8H9ClN2O.C6H5ClN2O3.C2H2Br2O/c9-4-1-5-7(2-6(4)11(13)14)15-3-8(12)10-5;9-4-1-6-7(2-5(4)10)13-3-8(12)11-6;9-5-3-7-8(4-6(5)10)12-2-1-11-7;7-3-1-4(8)6(10)2-5(3)9(11)12;3-1-2(4)5/h1-2H,3H2,(H,10,12);1-2H,3,10H2,(H,11,12);3-4,11H,1-2,10H2;1-2,10H,8H2;1H2. The van der Waals surface area contributed by atoms with E-state index in [0.717, 1.165) is 30.1 Å². The van der Waals surface area contributed by atoms with E-state index in [0.29, 0.717) is 50.5 Å². The van der Waals surface area contributed by atoms with Crippen LogP contribution in [0.2, 0.25) is 20.1 Å². The van der Waals surface area contributed by atoms with Gasteiger partial charge in [0, 0.05) is 18.7 Å². The molecule has 3 aliphatic rings. The minimum Gasteiger partial charge on any atom is -0.506 e. The Kier molecular flexibility index (Phi) is 17.3. The molecule has 25 heteroatoms. The minimum atomic E-state index is -0.693. The number of nitrogens with one attached hydrogen (secondary N) is 3. The number of rotatable bonds is 3. The van der Waals surface area contributed by atoms with Crippen LogP contribution >= 0.6 is 78.3 Å². The van der Waals surface area contributed by atoms with Crippen molar-refractivity contribution in [1.82, 2.24) is 0 Å². The van der Waals surface area contributed by atoms with Gasteiger partial charge in [0.25, 0.3) is 23.2 Å². The molecule has 4 aromatic carbocycles. The Labute approximate surface area is 358 Å². The summed E-state index contributed by atoms with van der Waals surface area (Å²) in [6, 6.07) is 11.2. The number of nitro benzene ring substituents is 2. The van der Waals surface area contributed by atoms with Crippen molar-refractivity contribution in [2.45, 2.75) is 0 Å². The zero-order chi connectivity index (χ0) is 42.6. The fourth-order valence-electron chi connectivity index (χ4n) is 4.22. The van der Waals surface area contributed by atoms with Crippen molar-refractivity contribution >= 4 is 140 Å². The molecule has 0 bridgehead atoms. The van der Waals surface area contributed by atoms with E-state index in [-0.39, 0.29) is 68.3 Å². The number of phenols is 1. The van der Waals surface area contributed by atoms with Gasteiger partial charge in [0.2, 0.25) is 4.69 Å². The van der Waals surface area contributed by atoms with Gasteiger partial charge >= 0.3 is 0 Å². The number of phenolic OH excluding ortho intramolecular Hbond substituents is 1. The summed E-state index contributed by atoms with van der Waals surface area (Å²) >= 11 is 28.3. The van der Waals surface area contributed by atoms with Gasteiger partial charge in [-0.1, -0.05) is 62.3 Å². The van der Waals surface area contributed by atoms with Crippen LogP contribution < -0.4 is 47.4 Å². The molecular weight excluding hydrogens is 974 g/mol. The molecule has 0 unspecified atom stereocenters. The summed E-state index contributed by atoms with van der Waals surface area (Å²) in [4.78, 5) is 51.0. The second-order valence-electron chi connectivity index (χ2n) is 10.9. The molecular formula is C32H28Br2Cl4N8O11. The number of nitrogens with two attached hydrogens (primary N) is 3. The Balaban J connectivity index is 0.000000196. The highest BCUT2D eigenvalue weighted by Crippen LogP contribution is 2.38. The molecule has 0 saturated carbocycles. The summed E-state index contributed by atoms with van der Waals surface area (Å²) in [5, 5.41) is 39.3. The molecule has 3 aliphatic heterocycles. The second-order valence-corrected chi connectivity index (χ2v) is 13.9. The Bertz CT molecular complexity index is 2170. The first-order valence-electron chi connectivity index (χ1n) is 15.4. The summed E-state index contributed by atoms with van der Waals surface area (Å²) in [6.45, 7) is 1.36. The maximum absolute atomic E-state index is 10.9. The number of halogens is 6. The minimum absolute atomic E-state index is 0.0162. The highest BCUT2D eigenvalue weighted by atomic mass is 79.9. The van der Waals surface area contributed by atoms with Crippen LogP contribution in [0.3, 0.4) is 0 Å². The van der Waals surface area contributed by atoms with E-state index in [9.17, 15) is 34.6 Å². The third-order valence-corrected chi connectivity index (χ3v) is 9.58. The number of hydrogen-bond donors (Lipinski definition) is 7. The predicted molar refractivity (Wildman–Crippen MR) is 224 cm³/mol. The van der Waals surface area contributed by atoms with E-state index >= 15 is 0 Å². The van der Waals surface area contributed by atoms with Gasteiger partial charge in [0.05, 0.1) is 71.5 Å². The molecule has 0 fully saturated rings. The first-order valence-corrected chi connectivity index (χ1v) is 18.8. The van der Waals surface area contributed by atoms with Gasteiger partial charge in [0.1, 0.15) is 33.9 Å². The van der Waals surface area contributed by atoms with Crippen LogP contribution in [0.15, 0.2) is 48.5 Å². The molecule has 0 radical (unpaired) electrons. The number of nitrogens with zero attached hydrogens (tertiary/aromatic N) is 2. The average Bonchev–Trinajstić information content (AvgIpc) is 3.14. The average molecular weight is 1000 g/mol. The third-order valence-electron chi connectivity index (χ3n) is 6.78. The summed E-state index contributed by atoms with van der Waals surface area (Å²) in [5.41, 5.74) is 18.6. The number of nitrogen functional groups attached to an aromatic ring is 3. The van der Waals surface area contributed by atoms with Gasteiger partial charge in [-0.3, -0.25) is 34.6 Å². The molecule has 0 spiro atoms. The Morgan fingerprint density at radius 1 is 0.702 bits per heavy atom. The van der Waals surface area contributed by atoms with Gasteiger partial charge in [0.15, 0.2) is 19.0 Å². The number of aromatic hydroxyl groups is 1. The van der Waals surface area contributed by atoms with Crippen LogP contribution in [0.25, 0.3) is 0 Å². The highest BCUT2D eigenvalue weighted by Gasteiger charge is 2.23. The van der Waals surface area contributed by atoms with Gasteiger partial charge in [-0.15, -0.1) is 0 Å². The number of benzene rings is 4. The van der Waals surface area contributed by atoms with Crippen molar-refractivity contribution < 1.29 is 43.5 Å². The molecule has 3 heterocycles. The van der Waals surface area contributed by atoms with Crippen molar-refractivity contribution in [3.63, 3.8) is 0 Å². The van der Waals surface area contributed by atoms with Crippen molar-refractivity contribution in [3.8, 4) is 23.0 Å². The molecule has 0 aromatic heterocycles. The number of nitro groups is 2. The maximum atomic E-state index is 10.9. The van der Waals surface area contributed by atoms with Gasteiger partial charge < -0.3 is 52.5 Å². The highest BCUT2D eigenvalue weighted by molar-refractivity contribution is 9.19. The Morgan fingerprint density at radius 2 is 1.12 bits per heavy atom. The van der Waals surface area contributed by atoms with Crippen LogP contribution in [-0.4, -0.2) is 63.2 Å². The van der Waals surface area contributed by atoms with E-state index in [1.165, 1.54) is 12.1 Å². The third kappa shape index (κ3) is 13.8. The Hall–Kier alpha value is -5.19. The molecule has 0 saturated heterocycles.